The van der Waals surface area contributed by atoms with Crippen LogP contribution in [0.25, 0.3) is 5.69 Å². The molecule has 1 saturated carbocycles. The van der Waals surface area contributed by atoms with Crippen LogP contribution in [-0.2, 0) is 0 Å². The van der Waals surface area contributed by atoms with Crippen molar-refractivity contribution < 1.29 is 0 Å². The van der Waals surface area contributed by atoms with E-state index < -0.39 is 0 Å². The summed E-state index contributed by atoms with van der Waals surface area (Å²) < 4.78 is 2.04. The number of hydrogen-bond acceptors (Lipinski definition) is 2. The molecule has 0 spiro atoms. The second-order valence-electron chi connectivity index (χ2n) is 5.55. The zero-order valence-corrected chi connectivity index (χ0v) is 12.5. The number of benzene rings is 1. The largest absolute Gasteiger partial charge is 0.353 e. The lowest BCUT2D eigenvalue weighted by atomic mass is 9.96. The molecule has 0 bridgehead atoms. The maximum absolute atomic E-state index is 6.36. The van der Waals surface area contributed by atoms with Crippen molar-refractivity contribution in [1.29, 1.82) is 0 Å². The first-order chi connectivity index (χ1) is 9.74. The number of imidazole rings is 1. The van der Waals surface area contributed by atoms with Crippen LogP contribution in [0.4, 0.5) is 5.95 Å². The van der Waals surface area contributed by atoms with E-state index in [0.29, 0.717) is 6.04 Å². The van der Waals surface area contributed by atoms with Gasteiger partial charge in [0, 0.05) is 18.4 Å². The zero-order valence-electron chi connectivity index (χ0n) is 11.8. The van der Waals surface area contributed by atoms with Gasteiger partial charge in [-0.05, 0) is 37.5 Å². The second-order valence-corrected chi connectivity index (χ2v) is 5.96. The van der Waals surface area contributed by atoms with E-state index in [0.717, 1.165) is 16.7 Å². The quantitative estimate of drug-likeness (QED) is 0.896. The third kappa shape index (κ3) is 2.83. The maximum Gasteiger partial charge on any atom is 0.207 e. The highest BCUT2D eigenvalue weighted by Crippen LogP contribution is 2.26. The van der Waals surface area contributed by atoms with Crippen molar-refractivity contribution in [2.75, 3.05) is 5.32 Å². The Balaban J connectivity index is 1.85. The van der Waals surface area contributed by atoms with Crippen LogP contribution in [0.5, 0.6) is 0 Å². The van der Waals surface area contributed by atoms with Crippen molar-refractivity contribution >= 4 is 17.5 Å². The monoisotopic (exact) mass is 289 g/mol. The Bertz CT molecular complexity index is 585. The first-order valence-electron chi connectivity index (χ1n) is 7.30. The summed E-state index contributed by atoms with van der Waals surface area (Å²) >= 11 is 6.36. The molecule has 106 valence electrons. The Hall–Kier alpha value is -1.48. The lowest BCUT2D eigenvalue weighted by Crippen LogP contribution is -2.24. The van der Waals surface area contributed by atoms with Gasteiger partial charge in [0.2, 0.25) is 5.95 Å². The smallest absolute Gasteiger partial charge is 0.207 e. The summed E-state index contributed by atoms with van der Waals surface area (Å²) in [6.45, 7) is 2.05. The predicted octanol–water partition coefficient (Wildman–Crippen LogP) is 4.58. The Labute approximate surface area is 125 Å². The summed E-state index contributed by atoms with van der Waals surface area (Å²) in [4.78, 5) is 4.44. The van der Waals surface area contributed by atoms with Crippen molar-refractivity contribution in [3.8, 4) is 5.69 Å². The highest BCUT2D eigenvalue weighted by atomic mass is 35.5. The van der Waals surface area contributed by atoms with E-state index in [9.17, 15) is 0 Å². The normalized spacial score (nSPS) is 16.3. The van der Waals surface area contributed by atoms with Crippen molar-refractivity contribution in [3.63, 3.8) is 0 Å². The van der Waals surface area contributed by atoms with Crippen LogP contribution in [0.3, 0.4) is 0 Å². The lowest BCUT2D eigenvalue weighted by molar-refractivity contribution is 0.460. The van der Waals surface area contributed by atoms with Gasteiger partial charge in [-0.25, -0.2) is 4.98 Å². The van der Waals surface area contributed by atoms with Crippen LogP contribution in [0.1, 0.15) is 37.7 Å². The molecule has 1 aliphatic carbocycles. The van der Waals surface area contributed by atoms with E-state index in [-0.39, 0.29) is 0 Å². The van der Waals surface area contributed by atoms with Crippen molar-refractivity contribution in [2.45, 2.75) is 45.1 Å². The predicted molar refractivity (Wildman–Crippen MR) is 83.8 cm³/mol. The molecule has 0 atom stereocenters. The first-order valence-corrected chi connectivity index (χ1v) is 7.68. The Morgan fingerprint density at radius 2 is 2.05 bits per heavy atom. The van der Waals surface area contributed by atoms with Gasteiger partial charge in [0.25, 0.3) is 0 Å². The van der Waals surface area contributed by atoms with E-state index in [1.807, 2.05) is 36.0 Å². The lowest BCUT2D eigenvalue weighted by Gasteiger charge is -2.23. The number of nitrogens with zero attached hydrogens (tertiary/aromatic N) is 2. The van der Waals surface area contributed by atoms with Crippen molar-refractivity contribution in [3.05, 3.63) is 41.2 Å². The molecule has 1 N–H and O–H groups in total. The fraction of sp³-hybridized carbons (Fsp3) is 0.438. The number of rotatable bonds is 3. The maximum atomic E-state index is 6.36. The van der Waals surface area contributed by atoms with E-state index in [2.05, 4.69) is 16.4 Å². The van der Waals surface area contributed by atoms with E-state index in [1.54, 1.807) is 0 Å². The number of nitrogens with one attached hydrogen (secondary N) is 1. The SMILES string of the molecule is Cc1ccc(-n2ccnc2NC2CCCCC2)c(Cl)c1. The summed E-state index contributed by atoms with van der Waals surface area (Å²) in [5.74, 6) is 0.891. The number of aromatic nitrogens is 2. The van der Waals surface area contributed by atoms with E-state index >= 15 is 0 Å². The van der Waals surface area contributed by atoms with Crippen LogP contribution < -0.4 is 5.32 Å². The number of aryl methyl sites for hydroxylation is 1. The molecule has 4 heteroatoms. The summed E-state index contributed by atoms with van der Waals surface area (Å²) in [5, 5.41) is 4.32. The molecular weight excluding hydrogens is 270 g/mol. The molecule has 1 fully saturated rings. The molecule has 0 unspecified atom stereocenters. The second kappa shape index (κ2) is 5.88. The Kier molecular flexibility index (Phi) is 3.97. The Morgan fingerprint density at radius 3 is 2.80 bits per heavy atom. The molecule has 1 aromatic heterocycles. The molecule has 1 aromatic carbocycles. The van der Waals surface area contributed by atoms with Gasteiger partial charge in [0.05, 0.1) is 10.7 Å². The molecule has 1 aliphatic rings. The number of anilines is 1. The number of hydrogen-bond donors (Lipinski definition) is 1. The van der Waals surface area contributed by atoms with Gasteiger partial charge in [-0.3, -0.25) is 4.57 Å². The van der Waals surface area contributed by atoms with Gasteiger partial charge in [0.1, 0.15) is 0 Å². The van der Waals surface area contributed by atoms with Crippen LogP contribution in [0.2, 0.25) is 5.02 Å². The third-order valence-electron chi connectivity index (χ3n) is 3.94. The molecule has 20 heavy (non-hydrogen) atoms. The summed E-state index contributed by atoms with van der Waals surface area (Å²) in [5.41, 5.74) is 2.15. The van der Waals surface area contributed by atoms with E-state index in [1.165, 1.54) is 37.7 Å². The molecule has 0 amide bonds. The standard InChI is InChI=1S/C16H20ClN3/c1-12-7-8-15(14(17)11-12)20-10-9-18-16(20)19-13-5-3-2-4-6-13/h7-11,13H,2-6H2,1H3,(H,18,19). The van der Waals surface area contributed by atoms with E-state index in [4.69, 9.17) is 11.6 Å². The minimum Gasteiger partial charge on any atom is -0.353 e. The highest BCUT2D eigenvalue weighted by Gasteiger charge is 2.16. The topological polar surface area (TPSA) is 29.9 Å². The molecule has 1 heterocycles. The summed E-state index contributed by atoms with van der Waals surface area (Å²) in [6, 6.07) is 6.65. The van der Waals surface area contributed by atoms with Crippen LogP contribution in [0.15, 0.2) is 30.6 Å². The minimum absolute atomic E-state index is 0.536. The zero-order chi connectivity index (χ0) is 13.9. The van der Waals surface area contributed by atoms with Gasteiger partial charge in [-0.2, -0.15) is 0 Å². The fourth-order valence-corrected chi connectivity index (χ4v) is 3.17. The average molecular weight is 290 g/mol. The summed E-state index contributed by atoms with van der Waals surface area (Å²) in [7, 11) is 0. The highest BCUT2D eigenvalue weighted by molar-refractivity contribution is 6.32. The van der Waals surface area contributed by atoms with Crippen LogP contribution >= 0.6 is 11.6 Å². The van der Waals surface area contributed by atoms with Crippen LogP contribution in [0, 0.1) is 6.92 Å². The fourth-order valence-electron chi connectivity index (χ4n) is 2.84. The van der Waals surface area contributed by atoms with Gasteiger partial charge in [-0.1, -0.05) is 36.9 Å². The molecule has 2 aromatic rings. The molecule has 3 nitrogen and oxygen atoms in total. The van der Waals surface area contributed by atoms with Crippen LogP contribution in [-0.4, -0.2) is 15.6 Å². The Morgan fingerprint density at radius 1 is 1.25 bits per heavy atom. The molecular formula is C16H20ClN3. The van der Waals surface area contributed by atoms with Gasteiger partial charge in [0.15, 0.2) is 0 Å². The molecule has 0 radical (unpaired) electrons. The van der Waals surface area contributed by atoms with Gasteiger partial charge in [-0.15, -0.1) is 0 Å². The minimum atomic E-state index is 0.536. The average Bonchev–Trinajstić information content (AvgIpc) is 2.88. The number of halogens is 1. The first kappa shape index (κ1) is 13.5. The van der Waals surface area contributed by atoms with Crippen molar-refractivity contribution in [1.82, 2.24) is 9.55 Å². The molecule has 0 aliphatic heterocycles. The third-order valence-corrected chi connectivity index (χ3v) is 4.24. The molecule has 3 rings (SSSR count). The summed E-state index contributed by atoms with van der Waals surface area (Å²) in [6.07, 6.45) is 10.2. The van der Waals surface area contributed by atoms with Gasteiger partial charge < -0.3 is 5.32 Å². The van der Waals surface area contributed by atoms with Crippen molar-refractivity contribution in [2.24, 2.45) is 0 Å². The van der Waals surface area contributed by atoms with Gasteiger partial charge >= 0.3 is 0 Å². The molecule has 0 saturated heterocycles.